The molecule has 1 aliphatic rings. The zero-order valence-electron chi connectivity index (χ0n) is 19.3. The van der Waals surface area contributed by atoms with E-state index in [0.717, 1.165) is 12.8 Å². The van der Waals surface area contributed by atoms with Crippen molar-refractivity contribution in [1.29, 1.82) is 0 Å². The molecular formula is C24H25BrFN7O2. The van der Waals surface area contributed by atoms with Crippen molar-refractivity contribution in [3.05, 3.63) is 47.1 Å². The minimum absolute atomic E-state index is 0.0364. The summed E-state index contributed by atoms with van der Waals surface area (Å²) in [6, 6.07) is 6.79. The van der Waals surface area contributed by atoms with Crippen molar-refractivity contribution in [3.8, 4) is 5.69 Å². The summed E-state index contributed by atoms with van der Waals surface area (Å²) in [5, 5.41) is 21.8. The van der Waals surface area contributed by atoms with Crippen LogP contribution >= 0.6 is 15.9 Å². The van der Waals surface area contributed by atoms with E-state index in [1.54, 1.807) is 43.1 Å². The van der Waals surface area contributed by atoms with Gasteiger partial charge in [-0.1, -0.05) is 6.07 Å². The van der Waals surface area contributed by atoms with Crippen LogP contribution in [0.3, 0.4) is 0 Å². The van der Waals surface area contributed by atoms with E-state index in [0.29, 0.717) is 44.6 Å². The SMILES string of the molecule is CC(C)(O)CNC(=O)[C@@H]1CC[C@@H](Nc2ncc3c(Br)nn(-c4cc(F)c5ncccc5c4)c3n2)C1. The minimum Gasteiger partial charge on any atom is -0.389 e. The smallest absolute Gasteiger partial charge is 0.224 e. The fraction of sp³-hybridized carbons (Fsp3) is 0.375. The van der Waals surface area contributed by atoms with Crippen LogP contribution < -0.4 is 10.6 Å². The third-order valence-corrected chi connectivity index (χ3v) is 6.68. The van der Waals surface area contributed by atoms with Crippen molar-refractivity contribution < 1.29 is 14.3 Å². The summed E-state index contributed by atoms with van der Waals surface area (Å²) in [5.41, 5.74) is 0.394. The predicted molar refractivity (Wildman–Crippen MR) is 134 cm³/mol. The lowest BCUT2D eigenvalue weighted by molar-refractivity contribution is -0.125. The first kappa shape index (κ1) is 23.6. The summed E-state index contributed by atoms with van der Waals surface area (Å²) in [6.07, 6.45) is 5.41. The highest BCUT2D eigenvalue weighted by molar-refractivity contribution is 9.10. The van der Waals surface area contributed by atoms with Gasteiger partial charge in [0.1, 0.15) is 10.1 Å². The number of pyridine rings is 1. The minimum atomic E-state index is -0.948. The summed E-state index contributed by atoms with van der Waals surface area (Å²) < 4.78 is 16.8. The number of anilines is 1. The zero-order valence-corrected chi connectivity index (χ0v) is 20.9. The summed E-state index contributed by atoms with van der Waals surface area (Å²) in [7, 11) is 0. The molecule has 1 aliphatic carbocycles. The van der Waals surface area contributed by atoms with Crippen molar-refractivity contribution in [2.45, 2.75) is 44.8 Å². The molecule has 5 rings (SSSR count). The number of carbonyl (C=O) groups is 1. The van der Waals surface area contributed by atoms with E-state index in [4.69, 9.17) is 0 Å². The molecule has 4 aromatic rings. The van der Waals surface area contributed by atoms with Crippen molar-refractivity contribution in [2.24, 2.45) is 5.92 Å². The second-order valence-electron chi connectivity index (χ2n) is 9.52. The molecule has 1 saturated carbocycles. The van der Waals surface area contributed by atoms with Crippen LogP contribution in [0.2, 0.25) is 0 Å². The number of hydrogen-bond acceptors (Lipinski definition) is 7. The van der Waals surface area contributed by atoms with Crippen LogP contribution in [0.1, 0.15) is 33.1 Å². The van der Waals surface area contributed by atoms with Gasteiger partial charge < -0.3 is 15.7 Å². The van der Waals surface area contributed by atoms with Gasteiger partial charge in [0.05, 0.1) is 16.7 Å². The van der Waals surface area contributed by atoms with Crippen LogP contribution in [0.15, 0.2) is 41.3 Å². The Kier molecular flexibility index (Phi) is 6.14. The van der Waals surface area contributed by atoms with E-state index >= 15 is 0 Å². The topological polar surface area (TPSA) is 118 Å². The number of halogens is 2. The monoisotopic (exact) mass is 541 g/mol. The number of nitrogens with zero attached hydrogens (tertiary/aromatic N) is 5. The fourth-order valence-corrected chi connectivity index (χ4v) is 4.79. The molecule has 3 heterocycles. The molecule has 0 unspecified atom stereocenters. The summed E-state index contributed by atoms with van der Waals surface area (Å²) in [4.78, 5) is 25.6. The van der Waals surface area contributed by atoms with Gasteiger partial charge in [0.2, 0.25) is 11.9 Å². The fourth-order valence-electron chi connectivity index (χ4n) is 4.35. The van der Waals surface area contributed by atoms with Gasteiger partial charge in [-0.05, 0) is 61.2 Å². The average molecular weight is 542 g/mol. The Labute approximate surface area is 209 Å². The predicted octanol–water partition coefficient (Wildman–Crippen LogP) is 3.73. The first-order valence-corrected chi connectivity index (χ1v) is 12.2. The van der Waals surface area contributed by atoms with Crippen molar-refractivity contribution in [1.82, 2.24) is 30.0 Å². The Balaban J connectivity index is 1.37. The number of aliphatic hydroxyl groups is 1. The number of fused-ring (bicyclic) bond motifs is 2. The molecule has 1 aromatic carbocycles. The third-order valence-electron chi connectivity index (χ3n) is 6.10. The quantitative estimate of drug-likeness (QED) is 0.340. The Bertz CT molecular complexity index is 1420. The number of benzene rings is 1. The van der Waals surface area contributed by atoms with Crippen LogP contribution in [0.4, 0.5) is 10.3 Å². The lowest BCUT2D eigenvalue weighted by Gasteiger charge is -2.19. The molecule has 0 bridgehead atoms. The van der Waals surface area contributed by atoms with Crippen LogP contribution in [-0.2, 0) is 4.79 Å². The molecule has 9 nitrogen and oxygen atoms in total. The first-order chi connectivity index (χ1) is 16.7. The normalized spacial score (nSPS) is 18.3. The molecule has 0 spiro atoms. The molecule has 1 amide bonds. The van der Waals surface area contributed by atoms with Crippen molar-refractivity contribution in [2.75, 3.05) is 11.9 Å². The zero-order chi connectivity index (χ0) is 24.7. The van der Waals surface area contributed by atoms with E-state index in [1.807, 2.05) is 6.07 Å². The standard InChI is InChI=1S/C24H25BrFN7O2/c1-24(2,35)12-29-22(34)14-5-6-15(8-14)30-23-28-11-17-20(25)32-33(21(17)31-23)16-9-13-4-3-7-27-19(13)18(26)10-16/h3-4,7,9-11,14-15,35H,5-6,8,12H2,1-2H3,(H,29,34)(H,28,30,31)/t14-,15-/m1/s1. The molecule has 3 N–H and O–H groups in total. The van der Waals surface area contributed by atoms with Gasteiger partial charge >= 0.3 is 0 Å². The van der Waals surface area contributed by atoms with E-state index in [2.05, 4.69) is 46.6 Å². The highest BCUT2D eigenvalue weighted by atomic mass is 79.9. The first-order valence-electron chi connectivity index (χ1n) is 11.4. The Morgan fingerprint density at radius 3 is 2.94 bits per heavy atom. The van der Waals surface area contributed by atoms with Gasteiger partial charge in [-0.25, -0.2) is 14.1 Å². The molecule has 2 atom stereocenters. The van der Waals surface area contributed by atoms with Gasteiger partial charge in [0.25, 0.3) is 0 Å². The number of nitrogens with one attached hydrogen (secondary N) is 2. The summed E-state index contributed by atoms with van der Waals surface area (Å²) in [5.74, 6) is -0.211. The summed E-state index contributed by atoms with van der Waals surface area (Å²) >= 11 is 3.45. The third kappa shape index (κ3) is 4.96. The van der Waals surface area contributed by atoms with Gasteiger partial charge in [-0.15, -0.1) is 0 Å². The molecule has 0 aliphatic heterocycles. The maximum Gasteiger partial charge on any atom is 0.224 e. The molecule has 0 saturated heterocycles. The highest BCUT2D eigenvalue weighted by Crippen LogP contribution is 2.30. The lowest BCUT2D eigenvalue weighted by atomic mass is 10.1. The average Bonchev–Trinajstić information content (AvgIpc) is 3.41. The van der Waals surface area contributed by atoms with Gasteiger partial charge in [0, 0.05) is 42.4 Å². The van der Waals surface area contributed by atoms with Crippen LogP contribution in [0.5, 0.6) is 0 Å². The van der Waals surface area contributed by atoms with Gasteiger partial charge in [0.15, 0.2) is 11.5 Å². The lowest BCUT2D eigenvalue weighted by Crippen LogP contribution is -2.40. The Morgan fingerprint density at radius 1 is 1.31 bits per heavy atom. The number of rotatable bonds is 6. The van der Waals surface area contributed by atoms with Gasteiger partial charge in [-0.3, -0.25) is 9.78 Å². The molecule has 3 aromatic heterocycles. The van der Waals surface area contributed by atoms with Crippen LogP contribution in [-0.4, -0.2) is 53.9 Å². The van der Waals surface area contributed by atoms with E-state index in [9.17, 15) is 14.3 Å². The maximum atomic E-state index is 14.7. The molecule has 0 radical (unpaired) electrons. The van der Waals surface area contributed by atoms with E-state index < -0.39 is 11.4 Å². The highest BCUT2D eigenvalue weighted by Gasteiger charge is 2.31. The molecule has 182 valence electrons. The molecule has 35 heavy (non-hydrogen) atoms. The number of aromatic nitrogens is 5. The Morgan fingerprint density at radius 2 is 2.14 bits per heavy atom. The summed E-state index contributed by atoms with van der Waals surface area (Å²) in [6.45, 7) is 3.53. The molecular weight excluding hydrogens is 517 g/mol. The molecule has 1 fully saturated rings. The van der Waals surface area contributed by atoms with Gasteiger partial charge in [-0.2, -0.15) is 10.1 Å². The van der Waals surface area contributed by atoms with E-state index in [-0.39, 0.29) is 24.4 Å². The maximum absolute atomic E-state index is 14.7. The largest absolute Gasteiger partial charge is 0.389 e. The second kappa shape index (κ2) is 9.12. The number of carbonyl (C=O) groups excluding carboxylic acids is 1. The van der Waals surface area contributed by atoms with Crippen molar-refractivity contribution >= 4 is 49.7 Å². The number of hydrogen-bond donors (Lipinski definition) is 3. The number of amides is 1. The van der Waals surface area contributed by atoms with Crippen molar-refractivity contribution in [3.63, 3.8) is 0 Å². The van der Waals surface area contributed by atoms with E-state index in [1.165, 1.54) is 6.07 Å². The second-order valence-corrected chi connectivity index (χ2v) is 10.3. The van der Waals surface area contributed by atoms with Crippen LogP contribution in [0.25, 0.3) is 27.6 Å². The van der Waals surface area contributed by atoms with Crippen LogP contribution in [0, 0.1) is 11.7 Å². The Hall–Kier alpha value is -3.18. The molecule has 11 heteroatoms.